The van der Waals surface area contributed by atoms with E-state index in [-0.39, 0.29) is 6.10 Å². The Labute approximate surface area is 132 Å². The molecule has 0 saturated heterocycles. The molecule has 21 heavy (non-hydrogen) atoms. The van der Waals surface area contributed by atoms with Gasteiger partial charge in [-0.3, -0.25) is 0 Å². The Morgan fingerprint density at radius 2 is 1.86 bits per heavy atom. The van der Waals surface area contributed by atoms with Gasteiger partial charge in [-0.2, -0.15) is 5.26 Å². The first-order valence-electron chi connectivity index (χ1n) is 6.37. The van der Waals surface area contributed by atoms with Crippen molar-refractivity contribution in [1.29, 1.82) is 5.26 Å². The number of benzene rings is 2. The van der Waals surface area contributed by atoms with Crippen LogP contribution in [0.4, 0.5) is 0 Å². The average Bonchev–Trinajstić information content (AvgIpc) is 2.53. The summed E-state index contributed by atoms with van der Waals surface area (Å²) in [5.74, 6) is 1.14. The zero-order valence-electron chi connectivity index (χ0n) is 11.5. The van der Waals surface area contributed by atoms with Gasteiger partial charge in [0, 0.05) is 17.1 Å². The highest BCUT2D eigenvalue weighted by Crippen LogP contribution is 2.27. The minimum atomic E-state index is -0.281. The third-order valence-corrected chi connectivity index (χ3v) is 3.51. The molecule has 1 atom stereocenters. The van der Waals surface area contributed by atoms with Gasteiger partial charge in [0.1, 0.15) is 17.6 Å². The zero-order valence-corrected chi connectivity index (χ0v) is 13.1. The fourth-order valence-electron chi connectivity index (χ4n) is 1.92. The first-order valence-corrected chi connectivity index (χ1v) is 7.17. The van der Waals surface area contributed by atoms with E-state index < -0.39 is 0 Å². The summed E-state index contributed by atoms with van der Waals surface area (Å²) < 4.78 is 12.1. The number of nitrogens with zero attached hydrogens (tertiary/aromatic N) is 1. The largest absolute Gasteiger partial charge is 0.497 e. The van der Waals surface area contributed by atoms with E-state index in [4.69, 9.17) is 20.5 Å². The molecule has 0 aliphatic rings. The standard InChI is InChI=1S/C16H15BrN2O2/c1-20-14-6-11(9-18)7-15(8-14)21-16(10-19)12-2-4-13(17)5-3-12/h2-8,16H,10,19H2,1H3. The van der Waals surface area contributed by atoms with E-state index in [1.807, 2.05) is 24.3 Å². The van der Waals surface area contributed by atoms with Crippen LogP contribution in [-0.4, -0.2) is 13.7 Å². The second kappa shape index (κ2) is 7.11. The molecule has 5 heteroatoms. The molecule has 2 N–H and O–H groups in total. The number of halogens is 1. The van der Waals surface area contributed by atoms with Crippen molar-refractivity contribution in [3.8, 4) is 17.6 Å². The summed E-state index contributed by atoms with van der Waals surface area (Å²) in [4.78, 5) is 0. The van der Waals surface area contributed by atoms with Crippen molar-refractivity contribution in [2.24, 2.45) is 5.73 Å². The SMILES string of the molecule is COc1cc(C#N)cc(OC(CN)c2ccc(Br)cc2)c1. The van der Waals surface area contributed by atoms with Gasteiger partial charge < -0.3 is 15.2 Å². The highest BCUT2D eigenvalue weighted by atomic mass is 79.9. The summed E-state index contributed by atoms with van der Waals surface area (Å²) in [6.45, 7) is 0.334. The van der Waals surface area contributed by atoms with Gasteiger partial charge in [-0.25, -0.2) is 0 Å². The lowest BCUT2D eigenvalue weighted by molar-refractivity contribution is 0.213. The predicted molar refractivity (Wildman–Crippen MR) is 84.3 cm³/mol. The van der Waals surface area contributed by atoms with E-state index in [2.05, 4.69) is 22.0 Å². The molecule has 2 aromatic rings. The Hall–Kier alpha value is -2.03. The van der Waals surface area contributed by atoms with Crippen molar-refractivity contribution in [3.05, 3.63) is 58.1 Å². The third kappa shape index (κ3) is 3.97. The van der Waals surface area contributed by atoms with Crippen molar-refractivity contribution in [3.63, 3.8) is 0 Å². The van der Waals surface area contributed by atoms with Gasteiger partial charge >= 0.3 is 0 Å². The van der Waals surface area contributed by atoms with Gasteiger partial charge in [0.25, 0.3) is 0 Å². The Morgan fingerprint density at radius 3 is 2.43 bits per heavy atom. The van der Waals surface area contributed by atoms with E-state index in [0.29, 0.717) is 23.6 Å². The smallest absolute Gasteiger partial charge is 0.136 e. The fourth-order valence-corrected chi connectivity index (χ4v) is 2.18. The summed E-state index contributed by atoms with van der Waals surface area (Å²) in [7, 11) is 1.55. The second-order valence-corrected chi connectivity index (χ2v) is 5.32. The first-order chi connectivity index (χ1) is 10.2. The molecule has 4 nitrogen and oxygen atoms in total. The molecule has 0 aliphatic heterocycles. The van der Waals surface area contributed by atoms with Crippen molar-refractivity contribution >= 4 is 15.9 Å². The summed E-state index contributed by atoms with van der Waals surface area (Å²) in [6, 6.07) is 14.9. The van der Waals surface area contributed by atoms with Crippen LogP contribution in [0.15, 0.2) is 46.9 Å². The molecule has 0 radical (unpaired) electrons. The van der Waals surface area contributed by atoms with Crippen molar-refractivity contribution in [1.82, 2.24) is 0 Å². The first kappa shape index (κ1) is 15.4. The molecule has 0 fully saturated rings. The number of nitrogens with two attached hydrogens (primary N) is 1. The van der Waals surface area contributed by atoms with Crippen LogP contribution >= 0.6 is 15.9 Å². The van der Waals surface area contributed by atoms with E-state index >= 15 is 0 Å². The number of methoxy groups -OCH3 is 1. The van der Waals surface area contributed by atoms with Gasteiger partial charge in [-0.1, -0.05) is 28.1 Å². The van der Waals surface area contributed by atoms with Crippen molar-refractivity contribution < 1.29 is 9.47 Å². The Bertz CT molecular complexity index is 650. The third-order valence-electron chi connectivity index (χ3n) is 2.98. The van der Waals surface area contributed by atoms with Crippen LogP contribution in [-0.2, 0) is 0 Å². The number of hydrogen-bond acceptors (Lipinski definition) is 4. The molecule has 2 rings (SSSR count). The van der Waals surface area contributed by atoms with Gasteiger partial charge in [-0.05, 0) is 29.8 Å². The zero-order chi connectivity index (χ0) is 15.2. The van der Waals surface area contributed by atoms with E-state index in [1.54, 1.807) is 25.3 Å². The lowest BCUT2D eigenvalue weighted by atomic mass is 10.1. The van der Waals surface area contributed by atoms with Gasteiger partial charge in [0.05, 0.1) is 18.7 Å². The molecule has 1 unspecified atom stereocenters. The topological polar surface area (TPSA) is 68.3 Å². The molecule has 0 amide bonds. The Morgan fingerprint density at radius 1 is 1.19 bits per heavy atom. The molecule has 0 spiro atoms. The molecule has 0 heterocycles. The number of ether oxygens (including phenoxy) is 2. The molecule has 0 saturated carbocycles. The quantitative estimate of drug-likeness (QED) is 0.900. The van der Waals surface area contributed by atoms with Gasteiger partial charge in [0.2, 0.25) is 0 Å². The van der Waals surface area contributed by atoms with E-state index in [1.165, 1.54) is 0 Å². The second-order valence-electron chi connectivity index (χ2n) is 4.40. The molecule has 2 aromatic carbocycles. The summed E-state index contributed by atoms with van der Waals surface area (Å²) in [5, 5.41) is 9.03. The Balaban J connectivity index is 2.26. The maximum absolute atomic E-state index is 9.03. The van der Waals surface area contributed by atoms with Crippen LogP contribution in [0, 0.1) is 11.3 Å². The maximum atomic E-state index is 9.03. The van der Waals surface area contributed by atoms with Crippen LogP contribution in [0.25, 0.3) is 0 Å². The van der Waals surface area contributed by atoms with E-state index in [0.717, 1.165) is 10.0 Å². The number of nitriles is 1. The monoisotopic (exact) mass is 346 g/mol. The molecular formula is C16H15BrN2O2. The predicted octanol–water partition coefficient (Wildman–Crippen LogP) is 3.41. The maximum Gasteiger partial charge on any atom is 0.136 e. The number of hydrogen-bond donors (Lipinski definition) is 1. The van der Waals surface area contributed by atoms with Crippen LogP contribution in [0.2, 0.25) is 0 Å². The highest BCUT2D eigenvalue weighted by molar-refractivity contribution is 9.10. The van der Waals surface area contributed by atoms with Gasteiger partial charge in [-0.15, -0.1) is 0 Å². The van der Waals surface area contributed by atoms with Crippen LogP contribution in [0.1, 0.15) is 17.2 Å². The highest BCUT2D eigenvalue weighted by Gasteiger charge is 2.13. The summed E-state index contributed by atoms with van der Waals surface area (Å²) >= 11 is 3.40. The molecule has 0 bridgehead atoms. The minimum Gasteiger partial charge on any atom is -0.497 e. The average molecular weight is 347 g/mol. The number of rotatable bonds is 5. The molecule has 0 aromatic heterocycles. The lowest BCUT2D eigenvalue weighted by Gasteiger charge is -2.18. The van der Waals surface area contributed by atoms with Crippen LogP contribution in [0.5, 0.6) is 11.5 Å². The molecule has 108 valence electrons. The van der Waals surface area contributed by atoms with Crippen molar-refractivity contribution in [2.75, 3.05) is 13.7 Å². The molecule has 0 aliphatic carbocycles. The van der Waals surface area contributed by atoms with Crippen LogP contribution in [0.3, 0.4) is 0 Å². The summed E-state index contributed by atoms with van der Waals surface area (Å²) in [5.41, 5.74) is 7.26. The minimum absolute atomic E-state index is 0.281. The van der Waals surface area contributed by atoms with Crippen LogP contribution < -0.4 is 15.2 Å². The Kier molecular flexibility index (Phi) is 5.20. The van der Waals surface area contributed by atoms with Crippen molar-refractivity contribution in [2.45, 2.75) is 6.10 Å². The van der Waals surface area contributed by atoms with Gasteiger partial charge in [0.15, 0.2) is 0 Å². The molecular weight excluding hydrogens is 332 g/mol. The fraction of sp³-hybridized carbons (Fsp3) is 0.188. The lowest BCUT2D eigenvalue weighted by Crippen LogP contribution is -2.18. The van der Waals surface area contributed by atoms with E-state index in [9.17, 15) is 0 Å². The summed E-state index contributed by atoms with van der Waals surface area (Å²) in [6.07, 6.45) is -0.281. The normalized spacial score (nSPS) is 11.5.